The topological polar surface area (TPSA) is 64.2 Å². The van der Waals surface area contributed by atoms with Gasteiger partial charge in [0, 0.05) is 19.3 Å². The number of carbonyl (C=O) groups excluding carboxylic acids is 1. The molecule has 0 fully saturated rings. The van der Waals surface area contributed by atoms with Crippen LogP contribution in [-0.2, 0) is 7.05 Å². The third-order valence-corrected chi connectivity index (χ3v) is 3.01. The van der Waals surface area contributed by atoms with Crippen molar-refractivity contribution in [3.8, 4) is 0 Å². The van der Waals surface area contributed by atoms with Gasteiger partial charge in [-0.05, 0) is 31.3 Å². The zero-order chi connectivity index (χ0) is 15.7. The molecule has 0 unspecified atom stereocenters. The number of rotatable bonds is 2. The molecule has 110 valence electrons. The smallest absolute Gasteiger partial charge is 0.268 e. The third-order valence-electron chi connectivity index (χ3n) is 2.83. The molecule has 0 bridgehead atoms. The highest BCUT2D eigenvalue weighted by Crippen LogP contribution is 2.21. The van der Waals surface area contributed by atoms with Gasteiger partial charge in [-0.2, -0.15) is 5.10 Å². The van der Waals surface area contributed by atoms with Crippen molar-refractivity contribution >= 4 is 28.9 Å². The predicted molar refractivity (Wildman–Crippen MR) is 77.9 cm³/mol. The quantitative estimate of drug-likeness (QED) is 0.861. The minimum absolute atomic E-state index is 0.0506. The van der Waals surface area contributed by atoms with Gasteiger partial charge < -0.3 is 5.73 Å². The lowest BCUT2D eigenvalue weighted by Crippen LogP contribution is -2.41. The minimum atomic E-state index is -1.09. The molecule has 2 rings (SSSR count). The van der Waals surface area contributed by atoms with E-state index in [-0.39, 0.29) is 16.4 Å². The molecule has 1 aromatic carbocycles. The second-order valence-electron chi connectivity index (χ2n) is 4.38. The average molecular weight is 310 g/mol. The molecule has 0 saturated heterocycles. The van der Waals surface area contributed by atoms with Gasteiger partial charge in [-0.25, -0.2) is 8.78 Å². The first-order chi connectivity index (χ1) is 9.81. The number of benzene rings is 1. The summed E-state index contributed by atoms with van der Waals surface area (Å²) in [6, 6.07) is 2.98. The van der Waals surface area contributed by atoms with Crippen LogP contribution in [0.4, 0.5) is 14.5 Å². The number of aryl methyl sites for hydroxylation is 2. The first-order valence-electron chi connectivity index (χ1n) is 5.90. The minimum Gasteiger partial charge on any atom is -0.376 e. The highest BCUT2D eigenvalue weighted by Gasteiger charge is 2.24. The van der Waals surface area contributed by atoms with Crippen LogP contribution in [0.2, 0.25) is 0 Å². The van der Waals surface area contributed by atoms with Crippen LogP contribution in [0.15, 0.2) is 24.4 Å². The molecule has 0 spiro atoms. The molecule has 5 nitrogen and oxygen atoms in total. The lowest BCUT2D eigenvalue weighted by atomic mass is 10.2. The van der Waals surface area contributed by atoms with Gasteiger partial charge >= 0.3 is 0 Å². The first kappa shape index (κ1) is 15.0. The zero-order valence-electron chi connectivity index (χ0n) is 11.3. The second kappa shape index (κ2) is 5.57. The van der Waals surface area contributed by atoms with E-state index < -0.39 is 17.5 Å². The zero-order valence-corrected chi connectivity index (χ0v) is 12.1. The number of carbonyl (C=O) groups is 1. The molecule has 0 aliphatic carbocycles. The second-order valence-corrected chi connectivity index (χ2v) is 4.80. The van der Waals surface area contributed by atoms with Crippen molar-refractivity contribution in [3.63, 3.8) is 0 Å². The number of halogens is 2. The molecule has 0 aliphatic rings. The number of thiocarbonyl (C=S) groups is 1. The highest BCUT2D eigenvalue weighted by molar-refractivity contribution is 7.80. The van der Waals surface area contributed by atoms with Crippen molar-refractivity contribution in [2.24, 2.45) is 12.8 Å². The van der Waals surface area contributed by atoms with Gasteiger partial charge in [0.05, 0.1) is 16.9 Å². The van der Waals surface area contributed by atoms with Gasteiger partial charge in [0.2, 0.25) is 0 Å². The summed E-state index contributed by atoms with van der Waals surface area (Å²) >= 11 is 4.84. The van der Waals surface area contributed by atoms with Crippen LogP contribution in [0.5, 0.6) is 0 Å². The summed E-state index contributed by atoms with van der Waals surface area (Å²) in [4.78, 5) is 13.4. The Morgan fingerprint density at radius 3 is 2.52 bits per heavy atom. The average Bonchev–Trinajstić information content (AvgIpc) is 2.72. The number of hydrogen-bond acceptors (Lipinski definition) is 3. The Morgan fingerprint density at radius 1 is 1.38 bits per heavy atom. The molecule has 0 aliphatic heterocycles. The van der Waals surface area contributed by atoms with Gasteiger partial charge in [0.1, 0.15) is 0 Å². The van der Waals surface area contributed by atoms with Crippen molar-refractivity contribution in [1.29, 1.82) is 0 Å². The van der Waals surface area contributed by atoms with Crippen molar-refractivity contribution < 1.29 is 13.6 Å². The van der Waals surface area contributed by atoms with Crippen LogP contribution in [0.1, 0.15) is 16.1 Å². The summed E-state index contributed by atoms with van der Waals surface area (Å²) in [7, 11) is 1.66. The maximum atomic E-state index is 13.3. The summed E-state index contributed by atoms with van der Waals surface area (Å²) in [5.41, 5.74) is 6.35. The number of nitrogens with zero attached hydrogens (tertiary/aromatic N) is 3. The monoisotopic (exact) mass is 310 g/mol. The number of hydrogen-bond donors (Lipinski definition) is 1. The fraction of sp³-hybridized carbons (Fsp3) is 0.154. The normalized spacial score (nSPS) is 10.5. The summed E-state index contributed by atoms with van der Waals surface area (Å²) in [5, 5.41) is 3.78. The van der Waals surface area contributed by atoms with E-state index in [9.17, 15) is 13.6 Å². The first-order valence-corrected chi connectivity index (χ1v) is 6.31. The molecule has 21 heavy (non-hydrogen) atoms. The Labute approximate surface area is 125 Å². The van der Waals surface area contributed by atoms with Gasteiger partial charge in [-0.3, -0.25) is 14.4 Å². The molecular weight excluding hydrogens is 298 g/mol. The van der Waals surface area contributed by atoms with Gasteiger partial charge in [-0.15, -0.1) is 0 Å². The van der Waals surface area contributed by atoms with Crippen LogP contribution < -0.4 is 10.6 Å². The molecule has 0 saturated carbocycles. The number of aromatic nitrogens is 2. The molecule has 1 aromatic heterocycles. The van der Waals surface area contributed by atoms with E-state index in [0.717, 1.165) is 17.0 Å². The van der Waals surface area contributed by atoms with Gasteiger partial charge in [0.15, 0.2) is 16.7 Å². The Bertz CT molecular complexity index is 729. The maximum absolute atomic E-state index is 13.3. The van der Waals surface area contributed by atoms with Gasteiger partial charge in [0.25, 0.3) is 5.91 Å². The summed E-state index contributed by atoms with van der Waals surface area (Å²) in [5.74, 6) is -2.67. The fourth-order valence-electron chi connectivity index (χ4n) is 1.90. The van der Waals surface area contributed by atoms with E-state index in [4.69, 9.17) is 18.0 Å². The molecule has 1 heterocycles. The van der Waals surface area contributed by atoms with E-state index in [1.807, 2.05) is 0 Å². The maximum Gasteiger partial charge on any atom is 0.268 e. The largest absolute Gasteiger partial charge is 0.376 e. The van der Waals surface area contributed by atoms with Crippen molar-refractivity contribution in [2.75, 3.05) is 4.90 Å². The van der Waals surface area contributed by atoms with E-state index in [2.05, 4.69) is 5.10 Å². The Hall–Kier alpha value is -2.35. The van der Waals surface area contributed by atoms with Gasteiger partial charge in [-0.1, -0.05) is 0 Å². The molecular formula is C13H12F2N4OS. The number of amides is 1. The molecule has 0 atom stereocenters. The van der Waals surface area contributed by atoms with Crippen LogP contribution in [-0.4, -0.2) is 20.8 Å². The van der Waals surface area contributed by atoms with Crippen molar-refractivity contribution in [3.05, 3.63) is 47.3 Å². The van der Waals surface area contributed by atoms with E-state index in [1.165, 1.54) is 16.9 Å². The van der Waals surface area contributed by atoms with Crippen LogP contribution in [0, 0.1) is 18.6 Å². The fourth-order valence-corrected chi connectivity index (χ4v) is 2.09. The molecule has 0 radical (unpaired) electrons. The Balaban J connectivity index is 2.48. The molecule has 2 aromatic rings. The van der Waals surface area contributed by atoms with Crippen molar-refractivity contribution in [1.82, 2.24) is 9.78 Å². The highest BCUT2D eigenvalue weighted by atomic mass is 32.1. The van der Waals surface area contributed by atoms with E-state index in [1.54, 1.807) is 14.0 Å². The third kappa shape index (κ3) is 2.89. The van der Waals surface area contributed by atoms with Crippen molar-refractivity contribution in [2.45, 2.75) is 6.92 Å². The molecule has 1 amide bonds. The Morgan fingerprint density at radius 2 is 2.05 bits per heavy atom. The van der Waals surface area contributed by atoms with Crippen LogP contribution in [0.25, 0.3) is 0 Å². The summed E-state index contributed by atoms with van der Waals surface area (Å²) in [6.45, 7) is 1.65. The number of nitrogens with two attached hydrogens (primary N) is 1. The standard InChI is InChI=1S/C13H12F2N4OS/c1-7-9(6-18(2)17-7)12(20)19(13(16)21)8-3-4-10(14)11(15)5-8/h3-6H,1-2H3,(H2,16,21). The number of anilines is 1. The predicted octanol–water partition coefficient (Wildman–Crippen LogP) is 1.90. The Kier molecular flexibility index (Phi) is 3.99. The van der Waals surface area contributed by atoms with Crippen LogP contribution in [0.3, 0.4) is 0 Å². The lowest BCUT2D eigenvalue weighted by molar-refractivity contribution is 0.100. The summed E-state index contributed by atoms with van der Waals surface area (Å²) in [6.07, 6.45) is 1.50. The SMILES string of the molecule is Cc1nn(C)cc1C(=O)N(C(N)=S)c1ccc(F)c(F)c1. The van der Waals surface area contributed by atoms with E-state index in [0.29, 0.717) is 5.69 Å². The lowest BCUT2D eigenvalue weighted by Gasteiger charge is -2.20. The molecule has 2 N–H and O–H groups in total. The van der Waals surface area contributed by atoms with E-state index >= 15 is 0 Å². The molecule has 8 heteroatoms. The van der Waals surface area contributed by atoms with Crippen LogP contribution >= 0.6 is 12.2 Å². The summed E-state index contributed by atoms with van der Waals surface area (Å²) < 4.78 is 27.8.